The second-order valence-electron chi connectivity index (χ2n) is 5.92. The summed E-state index contributed by atoms with van der Waals surface area (Å²) in [5.41, 5.74) is 3.33. The van der Waals surface area contributed by atoms with E-state index < -0.39 is 5.63 Å². The minimum Gasteiger partial charge on any atom is -0.326 e. The van der Waals surface area contributed by atoms with Gasteiger partial charge in [0.15, 0.2) is 0 Å². The molecule has 0 saturated heterocycles. The smallest absolute Gasteiger partial charge is 0.326 e. The van der Waals surface area contributed by atoms with Crippen molar-refractivity contribution >= 4 is 23.4 Å². The molecular weight excluding hydrogens is 350 g/mol. The van der Waals surface area contributed by atoms with Crippen LogP contribution in [0, 0.1) is 13.8 Å². The molecule has 7 heteroatoms. The van der Waals surface area contributed by atoms with Crippen molar-refractivity contribution in [2.24, 2.45) is 0 Å². The molecule has 0 aliphatic carbocycles. The normalized spacial score (nSPS) is 10.7. The highest BCUT2D eigenvalue weighted by molar-refractivity contribution is 7.99. The fraction of sp³-hybridized carbons (Fsp3) is 0.211. The van der Waals surface area contributed by atoms with E-state index in [9.17, 15) is 9.59 Å². The fourth-order valence-corrected chi connectivity index (χ4v) is 3.45. The van der Waals surface area contributed by atoms with Crippen LogP contribution in [-0.2, 0) is 4.79 Å². The second-order valence-corrected chi connectivity index (χ2v) is 7.01. The number of aromatic nitrogens is 2. The number of thioether (sulfide) groups is 1. The molecule has 3 aromatic rings. The van der Waals surface area contributed by atoms with Crippen LogP contribution in [0.5, 0.6) is 0 Å². The number of aromatic amines is 1. The molecule has 0 radical (unpaired) electrons. The Morgan fingerprint density at radius 1 is 1.19 bits per heavy atom. The highest BCUT2D eigenvalue weighted by Gasteiger charge is 2.23. The molecule has 3 rings (SSSR count). The van der Waals surface area contributed by atoms with Crippen LogP contribution in [0.4, 0.5) is 5.69 Å². The van der Waals surface area contributed by atoms with Crippen molar-refractivity contribution in [2.75, 3.05) is 11.1 Å². The number of aryl methyl sites for hydroxylation is 2. The van der Waals surface area contributed by atoms with Crippen LogP contribution in [-0.4, -0.2) is 16.9 Å². The first-order chi connectivity index (χ1) is 12.5. The van der Waals surface area contributed by atoms with Gasteiger partial charge in [0, 0.05) is 30.0 Å². The number of anilines is 1. The quantitative estimate of drug-likeness (QED) is 0.516. The van der Waals surface area contributed by atoms with Crippen molar-refractivity contribution in [3.8, 4) is 5.69 Å². The number of nitrogens with zero attached hydrogens (tertiary/aromatic N) is 1. The zero-order valence-electron chi connectivity index (χ0n) is 14.6. The van der Waals surface area contributed by atoms with Gasteiger partial charge in [-0.2, -0.15) is 0 Å². The third kappa shape index (κ3) is 4.23. The van der Waals surface area contributed by atoms with Gasteiger partial charge in [-0.05, 0) is 47.2 Å². The van der Waals surface area contributed by atoms with Crippen molar-refractivity contribution < 1.29 is 14.0 Å². The Labute approximate surface area is 155 Å². The first-order valence-corrected chi connectivity index (χ1v) is 9.22. The third-order valence-corrected chi connectivity index (χ3v) is 4.88. The molecule has 0 aliphatic heterocycles. The summed E-state index contributed by atoms with van der Waals surface area (Å²) in [5, 5.41) is 5.91. The summed E-state index contributed by atoms with van der Waals surface area (Å²) in [6.07, 6.45) is 0.289. The summed E-state index contributed by atoms with van der Waals surface area (Å²) in [6.45, 7) is 3.98. The van der Waals surface area contributed by atoms with E-state index in [1.54, 1.807) is 4.68 Å². The standard InChI is InChI=1S/C19H19N3O3S/c1-13-8-9-16(14(2)12-13)20-17(23)10-11-26-18-19(24)25-21-22(18)15-6-4-3-5-7-15/h3-9,12H,10-11H2,1-2H3,(H-,20,21,23,24)/p+1. The maximum absolute atomic E-state index is 12.2. The molecule has 2 N–H and O–H groups in total. The summed E-state index contributed by atoms with van der Waals surface area (Å²) in [7, 11) is 0. The van der Waals surface area contributed by atoms with Crippen molar-refractivity contribution in [3.63, 3.8) is 0 Å². The Bertz CT molecular complexity index is 964. The number of H-pyrrole nitrogens is 1. The zero-order valence-corrected chi connectivity index (χ0v) is 15.4. The summed E-state index contributed by atoms with van der Waals surface area (Å²) < 4.78 is 6.47. The van der Waals surface area contributed by atoms with Gasteiger partial charge in [-0.3, -0.25) is 9.32 Å². The Morgan fingerprint density at radius 2 is 1.96 bits per heavy atom. The summed E-state index contributed by atoms with van der Waals surface area (Å²) in [6, 6.07) is 15.3. The summed E-state index contributed by atoms with van der Waals surface area (Å²) in [5.74, 6) is 0.377. The van der Waals surface area contributed by atoms with Crippen LogP contribution < -0.4 is 15.6 Å². The summed E-state index contributed by atoms with van der Waals surface area (Å²) >= 11 is 1.29. The Hall–Kier alpha value is -2.80. The van der Waals surface area contributed by atoms with E-state index in [4.69, 9.17) is 4.52 Å². The van der Waals surface area contributed by atoms with E-state index >= 15 is 0 Å². The molecular formula is C19H20N3O3S+. The fourth-order valence-electron chi connectivity index (χ4n) is 2.54. The molecule has 0 aliphatic rings. The van der Waals surface area contributed by atoms with E-state index in [1.165, 1.54) is 11.8 Å². The Morgan fingerprint density at radius 3 is 2.69 bits per heavy atom. The Kier molecular flexibility index (Phi) is 5.58. The molecule has 1 heterocycles. The number of rotatable bonds is 6. The molecule has 0 spiro atoms. The zero-order chi connectivity index (χ0) is 18.5. The molecule has 26 heavy (non-hydrogen) atoms. The molecule has 1 aromatic heterocycles. The highest BCUT2D eigenvalue weighted by Crippen LogP contribution is 2.17. The lowest BCUT2D eigenvalue weighted by Crippen LogP contribution is -2.36. The average molecular weight is 370 g/mol. The lowest BCUT2D eigenvalue weighted by Gasteiger charge is -2.08. The monoisotopic (exact) mass is 370 g/mol. The largest absolute Gasteiger partial charge is 0.442 e. The minimum atomic E-state index is -0.450. The number of carbonyl (C=O) groups excluding carboxylic acids is 1. The molecule has 2 aromatic carbocycles. The van der Waals surface area contributed by atoms with Crippen LogP contribution in [0.25, 0.3) is 5.69 Å². The van der Waals surface area contributed by atoms with E-state index in [2.05, 4.69) is 10.6 Å². The third-order valence-electron chi connectivity index (χ3n) is 3.85. The van der Waals surface area contributed by atoms with Crippen molar-refractivity contribution in [1.29, 1.82) is 0 Å². The average Bonchev–Trinajstić information content (AvgIpc) is 2.99. The number of hydrogen-bond donors (Lipinski definition) is 2. The van der Waals surface area contributed by atoms with Crippen molar-refractivity contribution in [1.82, 2.24) is 5.27 Å². The SMILES string of the molecule is Cc1ccc(NC(=O)CCSc2c(=O)o[nH][n+]2-c2ccccc2)c(C)c1. The molecule has 0 atom stereocenters. The van der Waals surface area contributed by atoms with Gasteiger partial charge in [-0.1, -0.05) is 35.9 Å². The molecule has 134 valence electrons. The number of carbonyl (C=O) groups is 1. The van der Waals surface area contributed by atoms with Crippen LogP contribution in [0.2, 0.25) is 0 Å². The molecule has 0 unspecified atom stereocenters. The van der Waals surface area contributed by atoms with Crippen molar-refractivity contribution in [3.05, 3.63) is 70.1 Å². The second kappa shape index (κ2) is 8.05. The number of hydrogen-bond acceptors (Lipinski definition) is 4. The van der Waals surface area contributed by atoms with Crippen LogP contribution in [0.1, 0.15) is 17.5 Å². The Balaban J connectivity index is 1.61. The number of para-hydroxylation sites is 1. The first-order valence-electron chi connectivity index (χ1n) is 8.23. The molecule has 0 bridgehead atoms. The van der Waals surface area contributed by atoms with E-state index in [-0.39, 0.29) is 12.3 Å². The summed E-state index contributed by atoms with van der Waals surface area (Å²) in [4.78, 5) is 24.1. The first kappa shape index (κ1) is 18.0. The van der Waals surface area contributed by atoms with Gasteiger partial charge >= 0.3 is 10.7 Å². The maximum Gasteiger partial charge on any atom is 0.442 e. The van der Waals surface area contributed by atoms with E-state index in [0.717, 1.165) is 22.5 Å². The van der Waals surface area contributed by atoms with E-state index in [0.29, 0.717) is 10.8 Å². The van der Waals surface area contributed by atoms with Gasteiger partial charge in [0.05, 0.1) is 0 Å². The van der Waals surface area contributed by atoms with E-state index in [1.807, 2.05) is 62.4 Å². The number of benzene rings is 2. The molecule has 0 fully saturated rings. The van der Waals surface area contributed by atoms with Gasteiger partial charge in [0.25, 0.3) is 0 Å². The molecule has 1 amide bonds. The van der Waals surface area contributed by atoms with Gasteiger partial charge in [0.1, 0.15) is 0 Å². The lowest BCUT2D eigenvalue weighted by molar-refractivity contribution is -0.704. The van der Waals surface area contributed by atoms with Gasteiger partial charge in [0.2, 0.25) is 11.6 Å². The number of amides is 1. The van der Waals surface area contributed by atoms with Crippen LogP contribution in [0.3, 0.4) is 0 Å². The highest BCUT2D eigenvalue weighted by atomic mass is 32.2. The predicted octanol–water partition coefficient (Wildman–Crippen LogP) is 2.98. The van der Waals surface area contributed by atoms with Crippen LogP contribution in [0.15, 0.2) is 62.9 Å². The predicted molar refractivity (Wildman–Crippen MR) is 101 cm³/mol. The van der Waals surface area contributed by atoms with Gasteiger partial charge in [-0.25, -0.2) is 4.79 Å². The lowest BCUT2D eigenvalue weighted by atomic mass is 10.1. The van der Waals surface area contributed by atoms with Crippen LogP contribution >= 0.6 is 11.8 Å². The van der Waals surface area contributed by atoms with Crippen molar-refractivity contribution in [2.45, 2.75) is 25.3 Å². The topological polar surface area (TPSA) is 79.0 Å². The van der Waals surface area contributed by atoms with Gasteiger partial charge in [-0.15, -0.1) is 0 Å². The molecule has 6 nitrogen and oxygen atoms in total. The van der Waals surface area contributed by atoms with Gasteiger partial charge < -0.3 is 5.32 Å². The maximum atomic E-state index is 12.2. The minimum absolute atomic E-state index is 0.0874. The number of nitrogens with one attached hydrogen (secondary N) is 2. The molecule has 0 saturated carbocycles.